The maximum absolute atomic E-state index is 5.95. The van der Waals surface area contributed by atoms with Gasteiger partial charge in [-0.05, 0) is 42.8 Å². The van der Waals surface area contributed by atoms with E-state index < -0.39 is 0 Å². The van der Waals surface area contributed by atoms with Crippen LogP contribution in [0.3, 0.4) is 0 Å². The van der Waals surface area contributed by atoms with Crippen LogP contribution in [0.4, 0.5) is 0 Å². The second kappa shape index (κ2) is 6.42. The van der Waals surface area contributed by atoms with Crippen molar-refractivity contribution in [3.63, 3.8) is 0 Å². The monoisotopic (exact) mass is 339 g/mol. The van der Waals surface area contributed by atoms with Crippen molar-refractivity contribution >= 4 is 27.5 Å². The topological polar surface area (TPSA) is 35.2 Å². The molecule has 0 heterocycles. The normalized spacial score (nSPS) is 12.2. The van der Waals surface area contributed by atoms with Gasteiger partial charge in [0.25, 0.3) is 0 Å². The lowest BCUT2D eigenvalue weighted by molar-refractivity contribution is 0.301. The molecule has 0 saturated heterocycles. The zero-order valence-corrected chi connectivity index (χ0v) is 12.9. The van der Waals surface area contributed by atoms with Gasteiger partial charge in [-0.1, -0.05) is 39.7 Å². The molecular formula is C15H15BrClNO. The summed E-state index contributed by atoms with van der Waals surface area (Å²) in [6.07, 6.45) is 0. The maximum Gasteiger partial charge on any atom is 0.124 e. The molecule has 100 valence electrons. The summed E-state index contributed by atoms with van der Waals surface area (Å²) in [6.45, 7) is 2.44. The molecule has 2 N–H and O–H groups in total. The molecule has 0 amide bonds. The minimum atomic E-state index is -0.0716. The van der Waals surface area contributed by atoms with E-state index >= 15 is 0 Å². The summed E-state index contributed by atoms with van der Waals surface area (Å²) in [6, 6.07) is 13.4. The second-order valence-corrected chi connectivity index (χ2v) is 5.74. The first kappa shape index (κ1) is 14.4. The molecule has 2 aromatic rings. The van der Waals surface area contributed by atoms with Crippen molar-refractivity contribution in [2.24, 2.45) is 5.73 Å². The third-order valence-electron chi connectivity index (χ3n) is 2.77. The summed E-state index contributed by atoms with van der Waals surface area (Å²) in [7, 11) is 0. The van der Waals surface area contributed by atoms with Crippen LogP contribution in [0, 0.1) is 0 Å². The van der Waals surface area contributed by atoms with Crippen molar-refractivity contribution in [1.29, 1.82) is 0 Å². The van der Waals surface area contributed by atoms with Crippen molar-refractivity contribution in [3.8, 4) is 5.75 Å². The molecule has 0 aromatic heterocycles. The van der Waals surface area contributed by atoms with Gasteiger partial charge in [0.1, 0.15) is 12.4 Å². The van der Waals surface area contributed by atoms with Crippen molar-refractivity contribution in [2.75, 3.05) is 0 Å². The molecule has 2 aromatic carbocycles. The Morgan fingerprint density at radius 2 is 1.89 bits per heavy atom. The van der Waals surface area contributed by atoms with Crippen LogP contribution in [0.25, 0.3) is 0 Å². The average Bonchev–Trinajstić information content (AvgIpc) is 2.39. The number of hydrogen-bond donors (Lipinski definition) is 1. The molecule has 0 fully saturated rings. The van der Waals surface area contributed by atoms with Gasteiger partial charge in [0.2, 0.25) is 0 Å². The summed E-state index contributed by atoms with van der Waals surface area (Å²) < 4.78 is 6.83. The Balaban J connectivity index is 2.13. The van der Waals surface area contributed by atoms with E-state index in [4.69, 9.17) is 22.1 Å². The van der Waals surface area contributed by atoms with E-state index in [0.29, 0.717) is 6.61 Å². The third kappa shape index (κ3) is 3.96. The fourth-order valence-electron chi connectivity index (χ4n) is 1.75. The number of nitrogens with two attached hydrogens (primary N) is 1. The molecule has 19 heavy (non-hydrogen) atoms. The molecule has 4 heteroatoms. The Kier molecular flexibility index (Phi) is 4.86. The standard InChI is InChI=1S/C15H15BrClNO/c1-10(18)14-8-12(16)4-7-15(14)19-9-11-2-5-13(17)6-3-11/h2-8,10H,9,18H2,1H3. The summed E-state index contributed by atoms with van der Waals surface area (Å²) in [5, 5.41) is 0.726. The van der Waals surface area contributed by atoms with Crippen molar-refractivity contribution < 1.29 is 4.74 Å². The fraction of sp³-hybridized carbons (Fsp3) is 0.200. The van der Waals surface area contributed by atoms with Crippen LogP contribution >= 0.6 is 27.5 Å². The van der Waals surface area contributed by atoms with E-state index in [2.05, 4.69) is 15.9 Å². The van der Waals surface area contributed by atoms with Gasteiger partial charge >= 0.3 is 0 Å². The van der Waals surface area contributed by atoms with Gasteiger partial charge in [-0.2, -0.15) is 0 Å². The van der Waals surface area contributed by atoms with Crippen LogP contribution in [-0.4, -0.2) is 0 Å². The highest BCUT2D eigenvalue weighted by atomic mass is 79.9. The predicted molar refractivity (Wildman–Crippen MR) is 82.5 cm³/mol. The van der Waals surface area contributed by atoms with E-state index in [9.17, 15) is 0 Å². The molecule has 1 unspecified atom stereocenters. The highest BCUT2D eigenvalue weighted by Gasteiger charge is 2.09. The van der Waals surface area contributed by atoms with Gasteiger partial charge in [-0.25, -0.2) is 0 Å². The van der Waals surface area contributed by atoms with Gasteiger partial charge in [-0.3, -0.25) is 0 Å². The number of rotatable bonds is 4. The van der Waals surface area contributed by atoms with Gasteiger partial charge in [0, 0.05) is 21.1 Å². The first-order valence-electron chi connectivity index (χ1n) is 5.98. The quantitative estimate of drug-likeness (QED) is 0.875. The van der Waals surface area contributed by atoms with Gasteiger partial charge in [-0.15, -0.1) is 0 Å². The van der Waals surface area contributed by atoms with Crippen LogP contribution in [-0.2, 0) is 6.61 Å². The van der Waals surface area contributed by atoms with E-state index in [1.165, 1.54) is 0 Å². The molecule has 0 aliphatic rings. The lowest BCUT2D eigenvalue weighted by Crippen LogP contribution is -2.08. The first-order valence-corrected chi connectivity index (χ1v) is 7.15. The number of halogens is 2. The minimum absolute atomic E-state index is 0.0716. The third-order valence-corrected chi connectivity index (χ3v) is 3.52. The lowest BCUT2D eigenvalue weighted by atomic mass is 10.1. The van der Waals surface area contributed by atoms with Crippen LogP contribution < -0.4 is 10.5 Å². The smallest absolute Gasteiger partial charge is 0.124 e. The zero-order chi connectivity index (χ0) is 13.8. The van der Waals surface area contributed by atoms with Crippen molar-refractivity contribution in [2.45, 2.75) is 19.6 Å². The molecule has 0 bridgehead atoms. The molecule has 2 nitrogen and oxygen atoms in total. The Morgan fingerprint density at radius 3 is 2.53 bits per heavy atom. The van der Waals surface area contributed by atoms with Crippen molar-refractivity contribution in [3.05, 3.63) is 63.1 Å². The highest BCUT2D eigenvalue weighted by Crippen LogP contribution is 2.28. The first-order chi connectivity index (χ1) is 9.06. The van der Waals surface area contributed by atoms with Gasteiger partial charge in [0.05, 0.1) is 0 Å². The fourth-order valence-corrected chi connectivity index (χ4v) is 2.25. The second-order valence-electron chi connectivity index (χ2n) is 4.39. The SMILES string of the molecule is CC(N)c1cc(Br)ccc1OCc1ccc(Cl)cc1. The lowest BCUT2D eigenvalue weighted by Gasteiger charge is -2.14. The van der Waals surface area contributed by atoms with E-state index in [1.807, 2.05) is 49.4 Å². The van der Waals surface area contributed by atoms with Crippen LogP contribution in [0.5, 0.6) is 5.75 Å². The number of ether oxygens (including phenoxy) is 1. The van der Waals surface area contributed by atoms with E-state index in [1.54, 1.807) is 0 Å². The molecule has 0 radical (unpaired) electrons. The summed E-state index contributed by atoms with van der Waals surface area (Å²) in [5.41, 5.74) is 8.02. The van der Waals surface area contributed by atoms with Crippen LogP contribution in [0.2, 0.25) is 5.02 Å². The largest absolute Gasteiger partial charge is 0.489 e. The Hall–Kier alpha value is -1.03. The summed E-state index contributed by atoms with van der Waals surface area (Å²) >= 11 is 9.29. The Bertz CT molecular complexity index is 555. The molecule has 1 atom stereocenters. The molecule has 0 aliphatic heterocycles. The molecule has 0 spiro atoms. The van der Waals surface area contributed by atoms with Crippen LogP contribution in [0.1, 0.15) is 24.1 Å². The van der Waals surface area contributed by atoms with Crippen LogP contribution in [0.15, 0.2) is 46.9 Å². The van der Waals surface area contributed by atoms with E-state index in [-0.39, 0.29) is 6.04 Å². The van der Waals surface area contributed by atoms with Gasteiger partial charge < -0.3 is 10.5 Å². The number of benzene rings is 2. The summed E-state index contributed by atoms with van der Waals surface area (Å²) in [5.74, 6) is 0.813. The zero-order valence-electron chi connectivity index (χ0n) is 10.6. The summed E-state index contributed by atoms with van der Waals surface area (Å²) in [4.78, 5) is 0. The maximum atomic E-state index is 5.95. The Labute approximate surface area is 126 Å². The number of hydrogen-bond acceptors (Lipinski definition) is 2. The molecule has 2 rings (SSSR count). The van der Waals surface area contributed by atoms with E-state index in [0.717, 1.165) is 26.4 Å². The van der Waals surface area contributed by atoms with Crippen molar-refractivity contribution in [1.82, 2.24) is 0 Å². The molecule has 0 aliphatic carbocycles. The molecular weight excluding hydrogens is 326 g/mol. The predicted octanol–water partition coefficient (Wildman–Crippen LogP) is 4.70. The Morgan fingerprint density at radius 1 is 1.21 bits per heavy atom. The molecule has 0 saturated carbocycles. The minimum Gasteiger partial charge on any atom is -0.489 e. The van der Waals surface area contributed by atoms with Gasteiger partial charge in [0.15, 0.2) is 0 Å². The average molecular weight is 341 g/mol. The highest BCUT2D eigenvalue weighted by molar-refractivity contribution is 9.10.